The van der Waals surface area contributed by atoms with Crippen LogP contribution < -0.4 is 0 Å². The molecule has 4 N–H and O–H groups in total. The molecular formula is C22H42NO5+. The Balaban J connectivity index is 4.91. The number of carbonyl (C=O) groups is 1. The lowest BCUT2D eigenvalue weighted by molar-refractivity contribution is -0.934. The van der Waals surface area contributed by atoms with Crippen LogP contribution in [-0.2, 0) is 4.79 Å². The minimum absolute atomic E-state index is 0.0519. The first-order valence-electron chi connectivity index (χ1n) is 10.6. The number of aliphatic carboxylic acids is 1. The molecule has 2 atom stereocenters. The highest BCUT2D eigenvalue weighted by Crippen LogP contribution is 2.18. The molecule has 0 amide bonds. The van der Waals surface area contributed by atoms with Crippen LogP contribution in [0.25, 0.3) is 0 Å². The number of allylic oxidation sites excluding steroid dienone is 2. The second-order valence-electron chi connectivity index (χ2n) is 7.83. The summed E-state index contributed by atoms with van der Waals surface area (Å²) < 4.78 is 0.356. The highest BCUT2D eigenvalue weighted by molar-refractivity contribution is 5.66. The highest BCUT2D eigenvalue weighted by Gasteiger charge is 2.32. The van der Waals surface area contributed by atoms with Crippen molar-refractivity contribution in [3.05, 3.63) is 25.3 Å². The van der Waals surface area contributed by atoms with Crippen molar-refractivity contribution in [1.82, 2.24) is 0 Å². The first kappa shape index (κ1) is 26.8. The van der Waals surface area contributed by atoms with Crippen LogP contribution >= 0.6 is 0 Å². The van der Waals surface area contributed by atoms with E-state index in [0.717, 1.165) is 38.5 Å². The van der Waals surface area contributed by atoms with Crippen LogP contribution in [0, 0.1) is 0 Å². The van der Waals surface area contributed by atoms with Crippen LogP contribution in [0.5, 0.6) is 0 Å². The maximum absolute atomic E-state index is 10.9. The van der Waals surface area contributed by atoms with Crippen molar-refractivity contribution in [2.24, 2.45) is 0 Å². The molecule has 0 heterocycles. The third-order valence-corrected chi connectivity index (χ3v) is 5.18. The molecule has 0 rings (SSSR count). The van der Waals surface area contributed by atoms with Crippen molar-refractivity contribution in [2.45, 2.75) is 76.4 Å². The fraction of sp³-hybridized carbons (Fsp3) is 0.773. The lowest BCUT2D eigenvalue weighted by Gasteiger charge is -2.41. The van der Waals surface area contributed by atoms with Crippen molar-refractivity contribution in [1.29, 1.82) is 0 Å². The van der Waals surface area contributed by atoms with Crippen molar-refractivity contribution in [3.63, 3.8) is 0 Å². The van der Waals surface area contributed by atoms with E-state index in [9.17, 15) is 20.1 Å². The van der Waals surface area contributed by atoms with Crippen LogP contribution in [0.4, 0.5) is 0 Å². The molecular weight excluding hydrogens is 358 g/mol. The van der Waals surface area contributed by atoms with Crippen molar-refractivity contribution in [3.8, 4) is 0 Å². The van der Waals surface area contributed by atoms with Gasteiger partial charge in [0.2, 0.25) is 0 Å². The van der Waals surface area contributed by atoms with Gasteiger partial charge in [0.25, 0.3) is 0 Å². The largest absolute Gasteiger partial charge is 0.481 e. The fourth-order valence-corrected chi connectivity index (χ4v) is 3.74. The Morgan fingerprint density at radius 1 is 0.857 bits per heavy atom. The van der Waals surface area contributed by atoms with Gasteiger partial charge in [-0.25, -0.2) is 0 Å². The van der Waals surface area contributed by atoms with Crippen LogP contribution in [-0.4, -0.2) is 75.9 Å². The molecule has 0 aliphatic carbocycles. The third kappa shape index (κ3) is 13.9. The van der Waals surface area contributed by atoms with Gasteiger partial charge in [0.1, 0.15) is 31.8 Å². The number of hydrogen-bond acceptors (Lipinski definition) is 4. The summed E-state index contributed by atoms with van der Waals surface area (Å²) in [5.41, 5.74) is 0. The first-order valence-corrected chi connectivity index (χ1v) is 10.6. The van der Waals surface area contributed by atoms with E-state index in [2.05, 4.69) is 13.2 Å². The summed E-state index contributed by atoms with van der Waals surface area (Å²) in [6.07, 6.45) is 10.1. The van der Waals surface area contributed by atoms with Gasteiger partial charge in [-0.3, -0.25) is 4.79 Å². The number of nitrogens with zero attached hydrogens (tertiary/aromatic N) is 1. The van der Waals surface area contributed by atoms with E-state index >= 15 is 0 Å². The minimum Gasteiger partial charge on any atom is -0.481 e. The van der Waals surface area contributed by atoms with Gasteiger partial charge in [-0.2, -0.15) is 0 Å². The number of aliphatic hydroxyl groups excluding tert-OH is 3. The Labute approximate surface area is 170 Å². The number of carboxylic acid groups (broad SMARTS) is 1. The Bertz CT molecular complexity index is 403. The molecule has 2 unspecified atom stereocenters. The summed E-state index contributed by atoms with van der Waals surface area (Å²) in [7, 11) is 0. The van der Waals surface area contributed by atoms with E-state index in [-0.39, 0.29) is 13.0 Å². The highest BCUT2D eigenvalue weighted by atomic mass is 16.4. The molecule has 0 saturated heterocycles. The molecule has 0 aliphatic rings. The van der Waals surface area contributed by atoms with Crippen LogP contribution in [0.2, 0.25) is 0 Å². The summed E-state index contributed by atoms with van der Waals surface area (Å²) in [6.45, 7) is 9.15. The predicted octanol–water partition coefficient (Wildman–Crippen LogP) is 2.87. The normalized spacial score (nSPS) is 15.5. The number of rotatable bonds is 20. The molecule has 164 valence electrons. The molecule has 0 aromatic heterocycles. The van der Waals surface area contributed by atoms with Crippen molar-refractivity contribution in [2.75, 3.05) is 32.8 Å². The molecule has 0 spiro atoms. The van der Waals surface area contributed by atoms with E-state index in [1.54, 1.807) is 0 Å². The third-order valence-electron chi connectivity index (χ3n) is 5.18. The Morgan fingerprint density at radius 3 is 1.75 bits per heavy atom. The van der Waals surface area contributed by atoms with Gasteiger partial charge in [-0.05, 0) is 38.5 Å². The average molecular weight is 401 g/mol. The van der Waals surface area contributed by atoms with Crippen LogP contribution in [0.1, 0.15) is 64.2 Å². The molecule has 0 aromatic rings. The summed E-state index contributed by atoms with van der Waals surface area (Å²) in [5, 5.41) is 39.7. The molecule has 0 bridgehead atoms. The summed E-state index contributed by atoms with van der Waals surface area (Å²) >= 11 is 0. The zero-order chi connectivity index (χ0) is 21.3. The molecule has 6 nitrogen and oxygen atoms in total. The molecule has 0 aromatic carbocycles. The van der Waals surface area contributed by atoms with E-state index in [1.165, 1.54) is 0 Å². The minimum atomic E-state index is -0.850. The standard InChI is InChI=1S/C22H41NO5/c1-3-5-7-9-12-20(25)18-23(16-17-24,15-11-14-22(27)28)19-21(26)13-10-8-6-4-2/h3-4,20-21,24-26H,1-2,5-19H2/p+1. The second-order valence-corrected chi connectivity index (χ2v) is 7.83. The van der Waals surface area contributed by atoms with Gasteiger partial charge in [-0.15, -0.1) is 13.2 Å². The van der Waals surface area contributed by atoms with Gasteiger partial charge < -0.3 is 24.9 Å². The lowest BCUT2D eigenvalue weighted by atomic mass is 10.0. The van der Waals surface area contributed by atoms with Gasteiger partial charge in [0.15, 0.2) is 0 Å². The Hall–Kier alpha value is -1.21. The number of quaternary nitrogens is 1. The topological polar surface area (TPSA) is 98.0 Å². The maximum atomic E-state index is 10.9. The fourth-order valence-electron chi connectivity index (χ4n) is 3.74. The first-order chi connectivity index (χ1) is 13.4. The van der Waals surface area contributed by atoms with E-state index in [1.807, 2.05) is 12.2 Å². The molecule has 0 fully saturated rings. The van der Waals surface area contributed by atoms with Gasteiger partial charge in [0, 0.05) is 6.42 Å². The van der Waals surface area contributed by atoms with E-state index in [0.29, 0.717) is 49.9 Å². The van der Waals surface area contributed by atoms with Gasteiger partial charge in [0.05, 0.1) is 19.6 Å². The molecule has 0 saturated carbocycles. The quantitative estimate of drug-likeness (QED) is 0.143. The number of carboxylic acids is 1. The van der Waals surface area contributed by atoms with E-state index in [4.69, 9.17) is 5.11 Å². The summed E-state index contributed by atoms with van der Waals surface area (Å²) in [6, 6.07) is 0. The average Bonchev–Trinajstić information content (AvgIpc) is 2.62. The molecule has 28 heavy (non-hydrogen) atoms. The maximum Gasteiger partial charge on any atom is 0.303 e. The van der Waals surface area contributed by atoms with Crippen LogP contribution in [0.15, 0.2) is 25.3 Å². The Kier molecular flexibility index (Phi) is 16.0. The Morgan fingerprint density at radius 2 is 1.36 bits per heavy atom. The van der Waals surface area contributed by atoms with Gasteiger partial charge in [-0.1, -0.05) is 25.0 Å². The summed E-state index contributed by atoms with van der Waals surface area (Å²) in [4.78, 5) is 10.9. The van der Waals surface area contributed by atoms with Crippen molar-refractivity contribution < 1.29 is 29.7 Å². The molecule has 6 heteroatoms. The second kappa shape index (κ2) is 16.7. The zero-order valence-electron chi connectivity index (χ0n) is 17.5. The predicted molar refractivity (Wildman–Crippen MR) is 113 cm³/mol. The smallest absolute Gasteiger partial charge is 0.303 e. The SMILES string of the molecule is C=CCCCCC(O)C[N+](CCO)(CCCC(=O)O)CC(O)CCCCC=C. The number of hydrogen-bond donors (Lipinski definition) is 4. The lowest BCUT2D eigenvalue weighted by Crippen LogP contribution is -2.57. The zero-order valence-corrected chi connectivity index (χ0v) is 17.5. The molecule has 0 aliphatic heterocycles. The number of unbranched alkanes of at least 4 members (excludes halogenated alkanes) is 4. The van der Waals surface area contributed by atoms with Crippen LogP contribution in [0.3, 0.4) is 0 Å². The van der Waals surface area contributed by atoms with Crippen molar-refractivity contribution >= 4 is 5.97 Å². The van der Waals surface area contributed by atoms with Gasteiger partial charge >= 0.3 is 5.97 Å². The van der Waals surface area contributed by atoms with E-state index < -0.39 is 18.2 Å². The molecule has 0 radical (unpaired) electrons. The summed E-state index contributed by atoms with van der Waals surface area (Å²) in [5.74, 6) is -0.850. The number of aliphatic hydroxyl groups is 3. The monoisotopic (exact) mass is 400 g/mol.